The third kappa shape index (κ3) is 7.08. The number of benzene rings is 2. The highest BCUT2D eigenvalue weighted by Crippen LogP contribution is 2.33. The minimum Gasteiger partial charge on any atom is -0.478 e. The number of nitrogens with one attached hydrogen (secondary N) is 1. The minimum atomic E-state index is -3.41. The van der Waals surface area contributed by atoms with Crippen LogP contribution in [-0.4, -0.2) is 48.8 Å². The van der Waals surface area contributed by atoms with E-state index in [1.807, 2.05) is 0 Å². The molecule has 10 nitrogen and oxygen atoms in total. The van der Waals surface area contributed by atoms with E-state index in [4.69, 9.17) is 9.47 Å². The van der Waals surface area contributed by atoms with Crippen molar-refractivity contribution < 1.29 is 27.5 Å². The van der Waals surface area contributed by atoms with Crippen LogP contribution in [0.25, 0.3) is 0 Å². The van der Waals surface area contributed by atoms with Crippen molar-refractivity contribution in [1.82, 2.24) is 9.78 Å². The SMILES string of the molecule is CC(=O)N(CC1CC1)c1ccc(Oc2cc(OCS(C)(=O)=O)cc(C(=O)Nc3ccn(C)n3)c2)cc1. The molecule has 2 amide bonds. The van der Waals surface area contributed by atoms with Gasteiger partial charge >= 0.3 is 0 Å². The Bertz CT molecular complexity index is 1360. The highest BCUT2D eigenvalue weighted by atomic mass is 32.2. The normalized spacial score (nSPS) is 13.2. The Morgan fingerprint density at radius 1 is 1.08 bits per heavy atom. The summed E-state index contributed by atoms with van der Waals surface area (Å²) in [6.45, 7) is 2.25. The van der Waals surface area contributed by atoms with Gasteiger partial charge in [0.15, 0.2) is 21.6 Å². The van der Waals surface area contributed by atoms with Crippen molar-refractivity contribution >= 4 is 33.2 Å². The number of hydrogen-bond donors (Lipinski definition) is 1. The molecule has 1 fully saturated rings. The maximum atomic E-state index is 12.8. The van der Waals surface area contributed by atoms with E-state index in [-0.39, 0.29) is 23.0 Å². The standard InChI is InChI=1S/C25H28N4O6S/c1-17(30)29(15-18-4-5-18)20-6-8-21(9-7-20)35-23-13-19(12-22(14-23)34-16-36(3,32)33)25(31)26-24-10-11-28(2)27-24/h6-14,18H,4-5,15-16H2,1-3H3,(H,26,27,31). The third-order valence-corrected chi connectivity index (χ3v) is 5.99. The summed E-state index contributed by atoms with van der Waals surface area (Å²) >= 11 is 0. The van der Waals surface area contributed by atoms with Gasteiger partial charge in [-0.25, -0.2) is 8.42 Å². The summed E-state index contributed by atoms with van der Waals surface area (Å²) in [5.74, 6) is 0.804. The van der Waals surface area contributed by atoms with Crippen LogP contribution in [0, 0.1) is 5.92 Å². The Labute approximate surface area is 209 Å². The second-order valence-electron chi connectivity index (χ2n) is 8.88. The molecule has 1 aromatic heterocycles. The summed E-state index contributed by atoms with van der Waals surface area (Å²) in [4.78, 5) is 26.7. The number of nitrogens with zero attached hydrogens (tertiary/aromatic N) is 3. The van der Waals surface area contributed by atoms with Gasteiger partial charge in [0.1, 0.15) is 17.2 Å². The average molecular weight is 513 g/mol. The molecule has 0 saturated heterocycles. The Hall–Kier alpha value is -3.86. The van der Waals surface area contributed by atoms with Gasteiger partial charge < -0.3 is 19.7 Å². The number of amides is 2. The smallest absolute Gasteiger partial charge is 0.257 e. The highest BCUT2D eigenvalue weighted by molar-refractivity contribution is 7.90. The Morgan fingerprint density at radius 2 is 1.78 bits per heavy atom. The van der Waals surface area contributed by atoms with E-state index >= 15 is 0 Å². The van der Waals surface area contributed by atoms with Gasteiger partial charge in [0.05, 0.1) is 0 Å². The van der Waals surface area contributed by atoms with Crippen molar-refractivity contribution in [2.75, 3.05) is 29.0 Å². The molecule has 36 heavy (non-hydrogen) atoms. The minimum absolute atomic E-state index is 0.0187. The topological polar surface area (TPSA) is 120 Å². The average Bonchev–Trinajstić information content (AvgIpc) is 3.55. The summed E-state index contributed by atoms with van der Waals surface area (Å²) < 4.78 is 36.1. The molecule has 1 saturated carbocycles. The van der Waals surface area contributed by atoms with Crippen LogP contribution in [0.2, 0.25) is 0 Å². The zero-order valence-corrected chi connectivity index (χ0v) is 21.1. The molecule has 1 aliphatic rings. The molecule has 1 N–H and O–H groups in total. The van der Waals surface area contributed by atoms with E-state index in [1.54, 1.807) is 60.1 Å². The van der Waals surface area contributed by atoms with E-state index < -0.39 is 21.7 Å². The molecule has 0 unspecified atom stereocenters. The molecule has 0 atom stereocenters. The molecule has 3 aromatic rings. The van der Waals surface area contributed by atoms with Crippen LogP contribution in [0.15, 0.2) is 54.7 Å². The first kappa shape index (κ1) is 25.2. The second kappa shape index (κ2) is 10.4. The highest BCUT2D eigenvalue weighted by Gasteiger charge is 2.26. The number of sulfone groups is 1. The van der Waals surface area contributed by atoms with Crippen molar-refractivity contribution in [2.45, 2.75) is 19.8 Å². The molecule has 190 valence electrons. The molecule has 0 aliphatic heterocycles. The van der Waals surface area contributed by atoms with Gasteiger partial charge in [-0.05, 0) is 55.2 Å². The van der Waals surface area contributed by atoms with E-state index in [1.165, 1.54) is 18.2 Å². The lowest BCUT2D eigenvalue weighted by atomic mass is 10.2. The second-order valence-corrected chi connectivity index (χ2v) is 11.0. The van der Waals surface area contributed by atoms with Crippen molar-refractivity contribution in [3.8, 4) is 17.2 Å². The van der Waals surface area contributed by atoms with E-state index in [9.17, 15) is 18.0 Å². The predicted molar refractivity (Wildman–Crippen MR) is 135 cm³/mol. The summed E-state index contributed by atoms with van der Waals surface area (Å²) in [5, 5.41) is 6.81. The first-order valence-corrected chi connectivity index (χ1v) is 13.4. The maximum absolute atomic E-state index is 12.8. The first-order valence-electron chi connectivity index (χ1n) is 11.4. The van der Waals surface area contributed by atoms with E-state index in [2.05, 4.69) is 10.4 Å². The van der Waals surface area contributed by atoms with E-state index in [0.29, 0.717) is 24.0 Å². The lowest BCUT2D eigenvalue weighted by Gasteiger charge is -2.21. The number of hydrogen-bond acceptors (Lipinski definition) is 7. The van der Waals surface area contributed by atoms with Crippen molar-refractivity contribution in [2.24, 2.45) is 13.0 Å². The number of anilines is 2. The van der Waals surface area contributed by atoms with Crippen molar-refractivity contribution in [3.63, 3.8) is 0 Å². The summed E-state index contributed by atoms with van der Waals surface area (Å²) in [6.07, 6.45) is 5.02. The van der Waals surface area contributed by atoms with Crippen molar-refractivity contribution in [3.05, 3.63) is 60.3 Å². The van der Waals surface area contributed by atoms with Gasteiger partial charge in [-0.2, -0.15) is 5.10 Å². The molecule has 1 heterocycles. The molecule has 11 heteroatoms. The van der Waals surface area contributed by atoms with Gasteiger partial charge in [0.2, 0.25) is 5.91 Å². The van der Waals surface area contributed by atoms with Crippen LogP contribution < -0.4 is 19.7 Å². The zero-order valence-electron chi connectivity index (χ0n) is 20.3. The lowest BCUT2D eigenvalue weighted by molar-refractivity contribution is -0.116. The Kier molecular flexibility index (Phi) is 7.30. The number of ether oxygens (including phenoxy) is 2. The maximum Gasteiger partial charge on any atom is 0.257 e. The van der Waals surface area contributed by atoms with Gasteiger partial charge in [-0.15, -0.1) is 0 Å². The van der Waals surface area contributed by atoms with Crippen LogP contribution in [0.1, 0.15) is 30.1 Å². The van der Waals surface area contributed by atoms with Gasteiger partial charge in [-0.3, -0.25) is 14.3 Å². The molecule has 0 bridgehead atoms. The fraction of sp³-hybridized carbons (Fsp3) is 0.320. The van der Waals surface area contributed by atoms with Crippen LogP contribution in [0.3, 0.4) is 0 Å². The fourth-order valence-corrected chi connectivity index (χ4v) is 3.85. The summed E-state index contributed by atoms with van der Waals surface area (Å²) in [7, 11) is -1.68. The van der Waals surface area contributed by atoms with Gasteiger partial charge in [0, 0.05) is 56.4 Å². The molecule has 0 spiro atoms. The molecule has 0 radical (unpaired) electrons. The molecule has 1 aliphatic carbocycles. The number of carbonyl (C=O) groups excluding carboxylic acids is 2. The fourth-order valence-electron chi connectivity index (χ4n) is 3.49. The monoisotopic (exact) mass is 512 g/mol. The molecular formula is C25H28N4O6S. The zero-order chi connectivity index (χ0) is 25.9. The quantitative estimate of drug-likeness (QED) is 0.441. The van der Waals surface area contributed by atoms with Crippen LogP contribution >= 0.6 is 0 Å². The Balaban J connectivity index is 1.55. The number of carbonyl (C=O) groups is 2. The van der Waals surface area contributed by atoms with E-state index in [0.717, 1.165) is 24.8 Å². The van der Waals surface area contributed by atoms with Crippen LogP contribution in [0.4, 0.5) is 11.5 Å². The first-order chi connectivity index (χ1) is 17.1. The largest absolute Gasteiger partial charge is 0.478 e. The molecular weight excluding hydrogens is 484 g/mol. The third-order valence-electron chi connectivity index (χ3n) is 5.44. The number of aromatic nitrogens is 2. The predicted octanol–water partition coefficient (Wildman–Crippen LogP) is 3.61. The summed E-state index contributed by atoms with van der Waals surface area (Å²) in [6, 6.07) is 13.2. The van der Waals surface area contributed by atoms with Gasteiger partial charge in [0.25, 0.3) is 5.91 Å². The van der Waals surface area contributed by atoms with Gasteiger partial charge in [-0.1, -0.05) is 0 Å². The molecule has 4 rings (SSSR count). The molecule has 2 aromatic carbocycles. The van der Waals surface area contributed by atoms with Crippen molar-refractivity contribution in [1.29, 1.82) is 0 Å². The van der Waals surface area contributed by atoms with Crippen LogP contribution in [-0.2, 0) is 21.7 Å². The lowest BCUT2D eigenvalue weighted by Crippen LogP contribution is -2.30. The Morgan fingerprint density at radius 3 is 2.36 bits per heavy atom. The summed E-state index contributed by atoms with van der Waals surface area (Å²) in [5.41, 5.74) is 0.980. The number of aryl methyl sites for hydroxylation is 1. The van der Waals surface area contributed by atoms with Crippen LogP contribution in [0.5, 0.6) is 17.2 Å². The number of rotatable bonds is 10.